The van der Waals surface area contributed by atoms with Gasteiger partial charge in [-0.2, -0.15) is 0 Å². The Balaban J connectivity index is 2.34. The molecule has 1 atom stereocenters. The van der Waals surface area contributed by atoms with Crippen molar-refractivity contribution in [1.29, 1.82) is 0 Å². The summed E-state index contributed by atoms with van der Waals surface area (Å²) in [4.78, 5) is 11.0. The molecule has 72 valence electrons. The normalized spacial score (nSPS) is 26.5. The van der Waals surface area contributed by atoms with E-state index < -0.39 is 5.60 Å². The van der Waals surface area contributed by atoms with E-state index in [1.165, 1.54) is 0 Å². The minimum atomic E-state index is -0.449. The van der Waals surface area contributed by atoms with Gasteiger partial charge in [0.25, 0.3) is 0 Å². The van der Waals surface area contributed by atoms with Crippen LogP contribution < -0.4 is 0 Å². The highest BCUT2D eigenvalue weighted by Gasteiger charge is 2.27. The molecule has 0 aliphatic carbocycles. The molecule has 0 N–H and O–H groups in total. The van der Waals surface area contributed by atoms with Crippen molar-refractivity contribution in [3.05, 3.63) is 48.0 Å². The molecule has 1 aromatic carbocycles. The van der Waals surface area contributed by atoms with E-state index in [9.17, 15) is 4.79 Å². The quantitative estimate of drug-likeness (QED) is 0.674. The van der Waals surface area contributed by atoms with E-state index in [0.29, 0.717) is 0 Å². The molecule has 1 aliphatic heterocycles. The molecule has 0 amide bonds. The highest BCUT2D eigenvalue weighted by molar-refractivity contribution is 5.91. The third-order valence-electron chi connectivity index (χ3n) is 2.45. The Morgan fingerprint density at radius 3 is 2.57 bits per heavy atom. The third-order valence-corrected chi connectivity index (χ3v) is 2.45. The van der Waals surface area contributed by atoms with Gasteiger partial charge >= 0.3 is 0 Å². The van der Waals surface area contributed by atoms with E-state index in [1.807, 2.05) is 43.3 Å². The largest absolute Gasteiger partial charge is 0.358 e. The first-order valence-electron chi connectivity index (χ1n) is 4.62. The van der Waals surface area contributed by atoms with E-state index >= 15 is 0 Å². The van der Waals surface area contributed by atoms with Crippen LogP contribution in [0.15, 0.2) is 42.5 Å². The Kier molecular flexibility index (Phi) is 2.22. The highest BCUT2D eigenvalue weighted by atomic mass is 16.5. The van der Waals surface area contributed by atoms with Crippen LogP contribution in [-0.4, -0.2) is 12.4 Å². The van der Waals surface area contributed by atoms with E-state index in [-0.39, 0.29) is 12.4 Å². The van der Waals surface area contributed by atoms with Gasteiger partial charge in [-0.25, -0.2) is 0 Å². The molecule has 1 heterocycles. The summed E-state index contributed by atoms with van der Waals surface area (Å²) in [5.74, 6) is 0.0263. The number of carbonyl (C=O) groups excluding carboxylic acids is 1. The molecular formula is C12H12O2. The van der Waals surface area contributed by atoms with Crippen LogP contribution >= 0.6 is 0 Å². The second kappa shape index (κ2) is 3.39. The molecule has 2 rings (SSSR count). The van der Waals surface area contributed by atoms with Crippen LogP contribution in [-0.2, 0) is 15.1 Å². The summed E-state index contributed by atoms with van der Waals surface area (Å²) in [6.07, 6.45) is 3.41. The Hall–Kier alpha value is -1.41. The molecule has 0 saturated heterocycles. The van der Waals surface area contributed by atoms with Gasteiger partial charge in [-0.05, 0) is 24.6 Å². The zero-order chi connectivity index (χ0) is 10.0. The van der Waals surface area contributed by atoms with Crippen LogP contribution in [0.5, 0.6) is 0 Å². The number of hydrogen-bond donors (Lipinski definition) is 0. The first-order chi connectivity index (χ1) is 6.71. The van der Waals surface area contributed by atoms with Gasteiger partial charge in [-0.1, -0.05) is 30.3 Å². The fraction of sp³-hybridized carbons (Fsp3) is 0.250. The maximum Gasteiger partial charge on any atom is 0.181 e. The van der Waals surface area contributed by atoms with Gasteiger partial charge in [-0.15, -0.1) is 0 Å². The number of rotatable bonds is 1. The van der Waals surface area contributed by atoms with Crippen LogP contribution in [0.2, 0.25) is 0 Å². The van der Waals surface area contributed by atoms with E-state index in [2.05, 4.69) is 0 Å². The summed E-state index contributed by atoms with van der Waals surface area (Å²) >= 11 is 0. The molecule has 0 bridgehead atoms. The molecule has 1 unspecified atom stereocenters. The van der Waals surface area contributed by atoms with Crippen molar-refractivity contribution in [2.45, 2.75) is 12.5 Å². The fourth-order valence-corrected chi connectivity index (χ4v) is 1.52. The van der Waals surface area contributed by atoms with E-state index in [0.717, 1.165) is 5.56 Å². The lowest BCUT2D eigenvalue weighted by molar-refractivity contribution is -0.125. The third kappa shape index (κ3) is 1.61. The Morgan fingerprint density at radius 2 is 2.00 bits per heavy atom. The topological polar surface area (TPSA) is 26.3 Å². The minimum Gasteiger partial charge on any atom is -0.358 e. The maximum absolute atomic E-state index is 11.0. The first-order valence-corrected chi connectivity index (χ1v) is 4.62. The minimum absolute atomic E-state index is 0.0263. The molecule has 0 radical (unpaired) electrons. The highest BCUT2D eigenvalue weighted by Crippen LogP contribution is 2.28. The number of carbonyl (C=O) groups is 1. The summed E-state index contributed by atoms with van der Waals surface area (Å²) < 4.78 is 5.53. The Labute approximate surface area is 83.2 Å². The van der Waals surface area contributed by atoms with Gasteiger partial charge in [0.05, 0.1) is 0 Å². The molecule has 1 aliphatic rings. The summed E-state index contributed by atoms with van der Waals surface area (Å²) in [5.41, 5.74) is 0.624. The predicted molar refractivity (Wildman–Crippen MR) is 53.9 cm³/mol. The Morgan fingerprint density at radius 1 is 1.29 bits per heavy atom. The first kappa shape index (κ1) is 9.16. The van der Waals surface area contributed by atoms with Crippen LogP contribution in [0.3, 0.4) is 0 Å². The van der Waals surface area contributed by atoms with Crippen LogP contribution in [0.1, 0.15) is 12.5 Å². The molecule has 2 heteroatoms. The van der Waals surface area contributed by atoms with Crippen molar-refractivity contribution in [2.75, 3.05) is 6.61 Å². The molecule has 0 spiro atoms. The van der Waals surface area contributed by atoms with Gasteiger partial charge in [0.2, 0.25) is 0 Å². The van der Waals surface area contributed by atoms with E-state index in [4.69, 9.17) is 4.74 Å². The fourth-order valence-electron chi connectivity index (χ4n) is 1.52. The molecule has 2 nitrogen and oxygen atoms in total. The summed E-state index contributed by atoms with van der Waals surface area (Å²) in [6, 6.07) is 9.90. The van der Waals surface area contributed by atoms with Crippen molar-refractivity contribution in [1.82, 2.24) is 0 Å². The zero-order valence-electron chi connectivity index (χ0n) is 8.07. The van der Waals surface area contributed by atoms with Crippen molar-refractivity contribution >= 4 is 5.78 Å². The summed E-state index contributed by atoms with van der Waals surface area (Å²) in [7, 11) is 0. The summed E-state index contributed by atoms with van der Waals surface area (Å²) in [5, 5.41) is 0. The van der Waals surface area contributed by atoms with Crippen molar-refractivity contribution in [2.24, 2.45) is 0 Å². The average Bonchev–Trinajstić information content (AvgIpc) is 2.24. The lowest BCUT2D eigenvalue weighted by atomic mass is 9.93. The van der Waals surface area contributed by atoms with Gasteiger partial charge < -0.3 is 4.74 Å². The van der Waals surface area contributed by atoms with Gasteiger partial charge in [0.15, 0.2) is 5.78 Å². The van der Waals surface area contributed by atoms with Crippen molar-refractivity contribution in [3.63, 3.8) is 0 Å². The Bertz CT molecular complexity index is 367. The van der Waals surface area contributed by atoms with Crippen LogP contribution in [0, 0.1) is 0 Å². The number of ether oxygens (including phenoxy) is 1. The number of hydrogen-bond acceptors (Lipinski definition) is 2. The van der Waals surface area contributed by atoms with Gasteiger partial charge in [0, 0.05) is 0 Å². The van der Waals surface area contributed by atoms with Crippen molar-refractivity contribution < 1.29 is 9.53 Å². The predicted octanol–water partition coefficient (Wildman–Crippen LogP) is 2.06. The second-order valence-corrected chi connectivity index (χ2v) is 3.56. The second-order valence-electron chi connectivity index (χ2n) is 3.56. The monoisotopic (exact) mass is 188 g/mol. The van der Waals surface area contributed by atoms with Gasteiger partial charge in [0.1, 0.15) is 12.2 Å². The van der Waals surface area contributed by atoms with Crippen LogP contribution in [0.4, 0.5) is 0 Å². The SMILES string of the molecule is CC1(c2ccccc2)C=CC(=O)CO1. The zero-order valence-corrected chi connectivity index (χ0v) is 8.07. The molecule has 0 fully saturated rings. The lowest BCUT2D eigenvalue weighted by Crippen LogP contribution is -2.30. The molecule has 1 aromatic rings. The van der Waals surface area contributed by atoms with Crippen LogP contribution in [0.25, 0.3) is 0 Å². The smallest absolute Gasteiger partial charge is 0.181 e. The maximum atomic E-state index is 11.0. The van der Waals surface area contributed by atoms with E-state index in [1.54, 1.807) is 6.08 Å². The standard InChI is InChI=1S/C12H12O2/c1-12(8-7-11(13)9-14-12)10-5-3-2-4-6-10/h2-8H,9H2,1H3. The molecule has 14 heavy (non-hydrogen) atoms. The molecule has 0 saturated carbocycles. The summed E-state index contributed by atoms with van der Waals surface area (Å²) in [6.45, 7) is 2.13. The van der Waals surface area contributed by atoms with Crippen molar-refractivity contribution in [3.8, 4) is 0 Å². The molecule has 0 aromatic heterocycles. The average molecular weight is 188 g/mol. The lowest BCUT2D eigenvalue weighted by Gasteiger charge is -2.29. The number of ketones is 1. The number of benzene rings is 1. The van der Waals surface area contributed by atoms with Gasteiger partial charge in [-0.3, -0.25) is 4.79 Å². The molecular weight excluding hydrogens is 176 g/mol.